The van der Waals surface area contributed by atoms with Crippen molar-refractivity contribution in [2.45, 2.75) is 19.9 Å². The molecule has 6 heteroatoms. The summed E-state index contributed by atoms with van der Waals surface area (Å²) in [4.78, 5) is 0. The molecule has 0 atom stereocenters. The highest BCUT2D eigenvalue weighted by Gasteiger charge is 2.11. The van der Waals surface area contributed by atoms with Gasteiger partial charge in [-0.25, -0.2) is 12.8 Å². The van der Waals surface area contributed by atoms with E-state index in [4.69, 9.17) is 4.74 Å². The number of rotatable bonds is 8. The van der Waals surface area contributed by atoms with Crippen LogP contribution in [-0.2, 0) is 16.4 Å². The van der Waals surface area contributed by atoms with Crippen LogP contribution >= 0.6 is 0 Å². The molecule has 19 heavy (non-hydrogen) atoms. The van der Waals surface area contributed by atoms with E-state index >= 15 is 0 Å². The van der Waals surface area contributed by atoms with E-state index in [0.717, 1.165) is 19.2 Å². The minimum atomic E-state index is -3.10. The first-order valence-corrected chi connectivity index (χ1v) is 8.28. The van der Waals surface area contributed by atoms with Gasteiger partial charge in [0, 0.05) is 18.4 Å². The summed E-state index contributed by atoms with van der Waals surface area (Å²) < 4.78 is 41.0. The number of benzene rings is 1. The maximum atomic E-state index is 13.7. The van der Waals surface area contributed by atoms with Crippen LogP contribution in [0.25, 0.3) is 0 Å². The van der Waals surface area contributed by atoms with Crippen molar-refractivity contribution in [3.8, 4) is 5.75 Å². The zero-order valence-electron chi connectivity index (χ0n) is 11.3. The van der Waals surface area contributed by atoms with Gasteiger partial charge in [-0.1, -0.05) is 19.1 Å². The largest absolute Gasteiger partial charge is 0.489 e. The second kappa shape index (κ2) is 7.45. The lowest BCUT2D eigenvalue weighted by Crippen LogP contribution is -2.17. The van der Waals surface area contributed by atoms with E-state index in [2.05, 4.69) is 5.32 Å². The van der Waals surface area contributed by atoms with Crippen LogP contribution in [-0.4, -0.2) is 33.6 Å². The first-order valence-electron chi connectivity index (χ1n) is 6.22. The highest BCUT2D eigenvalue weighted by molar-refractivity contribution is 7.90. The molecule has 0 aromatic heterocycles. The summed E-state index contributed by atoms with van der Waals surface area (Å²) >= 11 is 0. The fourth-order valence-electron chi connectivity index (χ4n) is 1.55. The molecule has 0 saturated heterocycles. The number of para-hydroxylation sites is 1. The molecular formula is C13H20FNO3S. The third-order valence-corrected chi connectivity index (χ3v) is 3.40. The lowest BCUT2D eigenvalue weighted by atomic mass is 10.2. The molecule has 4 nitrogen and oxygen atoms in total. The van der Waals surface area contributed by atoms with Crippen molar-refractivity contribution in [2.24, 2.45) is 0 Å². The summed E-state index contributed by atoms with van der Waals surface area (Å²) in [7, 11) is -3.10. The Morgan fingerprint density at radius 2 is 2.11 bits per heavy atom. The zero-order chi connectivity index (χ0) is 14.3. The molecule has 0 unspecified atom stereocenters. The number of hydrogen-bond acceptors (Lipinski definition) is 4. The molecule has 1 rings (SSSR count). The predicted octanol–water partition coefficient (Wildman–Crippen LogP) is 1.75. The molecule has 1 aromatic carbocycles. The first kappa shape index (κ1) is 15.9. The van der Waals surface area contributed by atoms with Gasteiger partial charge in [0.15, 0.2) is 21.4 Å². The first-order chi connectivity index (χ1) is 8.94. The van der Waals surface area contributed by atoms with Gasteiger partial charge in [-0.15, -0.1) is 0 Å². The van der Waals surface area contributed by atoms with E-state index in [9.17, 15) is 12.8 Å². The summed E-state index contributed by atoms with van der Waals surface area (Å²) in [5, 5.41) is 3.16. The van der Waals surface area contributed by atoms with Crippen LogP contribution in [0, 0.1) is 5.82 Å². The maximum absolute atomic E-state index is 13.7. The third-order valence-electron chi connectivity index (χ3n) is 2.49. The van der Waals surface area contributed by atoms with Crippen molar-refractivity contribution >= 4 is 9.84 Å². The minimum absolute atomic E-state index is 0.0411. The minimum Gasteiger partial charge on any atom is -0.489 e. The molecule has 0 aliphatic heterocycles. The van der Waals surface area contributed by atoms with E-state index in [-0.39, 0.29) is 18.1 Å². The van der Waals surface area contributed by atoms with Gasteiger partial charge in [-0.3, -0.25) is 0 Å². The highest BCUT2D eigenvalue weighted by Crippen LogP contribution is 2.22. The van der Waals surface area contributed by atoms with Gasteiger partial charge in [0.1, 0.15) is 6.61 Å². The van der Waals surface area contributed by atoms with Gasteiger partial charge in [0.25, 0.3) is 0 Å². The monoisotopic (exact) mass is 289 g/mol. The maximum Gasteiger partial charge on any atom is 0.165 e. The molecule has 0 spiro atoms. The molecule has 0 heterocycles. The Kier molecular flexibility index (Phi) is 6.24. The second-order valence-corrected chi connectivity index (χ2v) is 6.64. The van der Waals surface area contributed by atoms with Gasteiger partial charge in [0.05, 0.1) is 5.75 Å². The van der Waals surface area contributed by atoms with Crippen molar-refractivity contribution in [2.75, 3.05) is 25.2 Å². The average molecular weight is 289 g/mol. The standard InChI is InChI=1S/C13H20FNO3S/c1-3-7-15-10-11-5-4-6-12(14)13(11)18-8-9-19(2,16)17/h4-6,15H,3,7-10H2,1-2H3. The van der Waals surface area contributed by atoms with Crippen LogP contribution < -0.4 is 10.1 Å². The van der Waals surface area contributed by atoms with E-state index in [0.29, 0.717) is 12.1 Å². The van der Waals surface area contributed by atoms with E-state index in [1.165, 1.54) is 6.07 Å². The molecule has 0 radical (unpaired) electrons. The summed E-state index contributed by atoms with van der Waals surface area (Å²) in [5.74, 6) is -0.456. The Bertz CT molecular complexity index is 503. The molecule has 0 aliphatic rings. The van der Waals surface area contributed by atoms with Gasteiger partial charge < -0.3 is 10.1 Å². The molecule has 1 aromatic rings. The third kappa shape index (κ3) is 6.02. The Morgan fingerprint density at radius 3 is 2.74 bits per heavy atom. The van der Waals surface area contributed by atoms with Crippen molar-refractivity contribution in [3.05, 3.63) is 29.6 Å². The molecular weight excluding hydrogens is 269 g/mol. The Balaban J connectivity index is 2.68. The van der Waals surface area contributed by atoms with Gasteiger partial charge in [0.2, 0.25) is 0 Å². The van der Waals surface area contributed by atoms with E-state index in [1.54, 1.807) is 12.1 Å². The summed E-state index contributed by atoms with van der Waals surface area (Å²) in [6.07, 6.45) is 2.11. The van der Waals surface area contributed by atoms with E-state index < -0.39 is 15.7 Å². The predicted molar refractivity (Wildman–Crippen MR) is 73.6 cm³/mol. The van der Waals surface area contributed by atoms with Crippen LogP contribution in [0.4, 0.5) is 4.39 Å². The Labute approximate surface area is 113 Å². The fraction of sp³-hybridized carbons (Fsp3) is 0.538. The average Bonchev–Trinajstić information content (AvgIpc) is 2.31. The fourth-order valence-corrected chi connectivity index (χ4v) is 1.94. The number of nitrogens with one attached hydrogen (secondary N) is 1. The quantitative estimate of drug-likeness (QED) is 0.741. The van der Waals surface area contributed by atoms with E-state index in [1.807, 2.05) is 6.92 Å². The van der Waals surface area contributed by atoms with Gasteiger partial charge in [-0.05, 0) is 19.0 Å². The topological polar surface area (TPSA) is 55.4 Å². The zero-order valence-corrected chi connectivity index (χ0v) is 12.1. The number of halogens is 1. The molecule has 0 amide bonds. The lowest BCUT2D eigenvalue weighted by Gasteiger charge is -2.12. The Morgan fingerprint density at radius 1 is 1.37 bits per heavy atom. The summed E-state index contributed by atoms with van der Waals surface area (Å²) in [5.41, 5.74) is 0.696. The van der Waals surface area contributed by atoms with Crippen LogP contribution in [0.5, 0.6) is 5.75 Å². The number of ether oxygens (including phenoxy) is 1. The molecule has 0 fully saturated rings. The number of hydrogen-bond donors (Lipinski definition) is 1. The molecule has 0 aliphatic carbocycles. The molecule has 0 saturated carbocycles. The molecule has 108 valence electrons. The Hall–Kier alpha value is -1.14. The van der Waals surface area contributed by atoms with Crippen molar-refractivity contribution < 1.29 is 17.5 Å². The van der Waals surface area contributed by atoms with Crippen molar-refractivity contribution in [1.29, 1.82) is 0 Å². The van der Waals surface area contributed by atoms with Gasteiger partial charge in [-0.2, -0.15) is 0 Å². The SMILES string of the molecule is CCCNCc1cccc(F)c1OCCS(C)(=O)=O. The summed E-state index contributed by atoms with van der Waals surface area (Å²) in [6, 6.07) is 4.68. The smallest absolute Gasteiger partial charge is 0.165 e. The molecule has 1 N–H and O–H groups in total. The van der Waals surface area contributed by atoms with Crippen LogP contribution in [0.1, 0.15) is 18.9 Å². The van der Waals surface area contributed by atoms with Crippen LogP contribution in [0.3, 0.4) is 0 Å². The lowest BCUT2D eigenvalue weighted by molar-refractivity contribution is 0.317. The van der Waals surface area contributed by atoms with Crippen LogP contribution in [0.15, 0.2) is 18.2 Å². The van der Waals surface area contributed by atoms with Crippen molar-refractivity contribution in [1.82, 2.24) is 5.32 Å². The summed E-state index contributed by atoms with van der Waals surface area (Å²) in [6.45, 7) is 3.34. The number of sulfone groups is 1. The highest BCUT2D eigenvalue weighted by atomic mass is 32.2. The van der Waals surface area contributed by atoms with Crippen LogP contribution in [0.2, 0.25) is 0 Å². The molecule has 0 bridgehead atoms. The normalized spacial score (nSPS) is 11.5. The van der Waals surface area contributed by atoms with Crippen molar-refractivity contribution in [3.63, 3.8) is 0 Å². The second-order valence-electron chi connectivity index (χ2n) is 4.38. The van der Waals surface area contributed by atoms with Gasteiger partial charge >= 0.3 is 0 Å².